The summed E-state index contributed by atoms with van der Waals surface area (Å²) in [5.41, 5.74) is 2.27. The molecule has 0 atom stereocenters. The van der Waals surface area contributed by atoms with E-state index in [1.807, 2.05) is 17.0 Å². The third kappa shape index (κ3) is 6.38. The molecule has 0 aliphatic carbocycles. The molecule has 138 valence electrons. The highest BCUT2D eigenvalue weighted by atomic mass is 16.2. The topological polar surface area (TPSA) is 68.8 Å². The minimum Gasteiger partial charge on any atom is -0.355 e. The number of guanidine groups is 1. The summed E-state index contributed by atoms with van der Waals surface area (Å²) < 4.78 is 0. The normalized spacial score (nSPS) is 15.6. The number of nitrogens with zero attached hydrogens (tertiary/aromatic N) is 2. The van der Waals surface area contributed by atoms with E-state index in [0.717, 1.165) is 43.3 Å². The molecule has 0 saturated carbocycles. The van der Waals surface area contributed by atoms with Crippen molar-refractivity contribution in [1.82, 2.24) is 16.0 Å². The van der Waals surface area contributed by atoms with Crippen molar-refractivity contribution in [1.29, 1.82) is 0 Å². The number of amides is 1. The van der Waals surface area contributed by atoms with Crippen molar-refractivity contribution < 1.29 is 4.79 Å². The van der Waals surface area contributed by atoms with E-state index in [9.17, 15) is 4.79 Å². The molecule has 2 rings (SSSR count). The average molecular weight is 345 g/mol. The molecular weight excluding hydrogens is 314 g/mol. The number of hydrogen-bond donors (Lipinski definition) is 3. The molecule has 0 aromatic heterocycles. The van der Waals surface area contributed by atoms with Gasteiger partial charge in [0.05, 0.1) is 0 Å². The second kappa shape index (κ2) is 8.85. The number of hydrogen-bond acceptors (Lipinski definition) is 3. The van der Waals surface area contributed by atoms with Gasteiger partial charge in [0.25, 0.3) is 0 Å². The highest BCUT2D eigenvalue weighted by Gasteiger charge is 2.21. The van der Waals surface area contributed by atoms with Crippen LogP contribution >= 0.6 is 0 Å². The predicted octanol–water partition coefficient (Wildman–Crippen LogP) is 1.87. The zero-order chi connectivity index (χ0) is 18.3. The number of rotatable bonds is 6. The first-order valence-electron chi connectivity index (χ1n) is 8.98. The SMILES string of the molecule is CN=C(NCCNC(C)(C)C)NCc1ccc(N2CCCC2=O)cc1. The van der Waals surface area contributed by atoms with E-state index in [1.54, 1.807) is 7.05 Å². The van der Waals surface area contributed by atoms with Crippen LogP contribution in [0.3, 0.4) is 0 Å². The van der Waals surface area contributed by atoms with Gasteiger partial charge in [0.15, 0.2) is 5.96 Å². The summed E-state index contributed by atoms with van der Waals surface area (Å²) in [5.74, 6) is 1.01. The van der Waals surface area contributed by atoms with Crippen LogP contribution in [-0.2, 0) is 11.3 Å². The Bertz CT molecular complexity index is 589. The molecule has 6 nitrogen and oxygen atoms in total. The monoisotopic (exact) mass is 345 g/mol. The van der Waals surface area contributed by atoms with E-state index in [2.05, 4.69) is 53.8 Å². The summed E-state index contributed by atoms with van der Waals surface area (Å²) in [6.45, 7) is 9.67. The smallest absolute Gasteiger partial charge is 0.227 e. The maximum atomic E-state index is 11.8. The molecule has 1 aliphatic heterocycles. The van der Waals surface area contributed by atoms with Crippen molar-refractivity contribution >= 4 is 17.6 Å². The fourth-order valence-electron chi connectivity index (χ4n) is 2.74. The highest BCUT2D eigenvalue weighted by molar-refractivity contribution is 5.95. The Morgan fingerprint density at radius 1 is 1.16 bits per heavy atom. The molecule has 1 saturated heterocycles. The van der Waals surface area contributed by atoms with Crippen molar-refractivity contribution in [3.05, 3.63) is 29.8 Å². The lowest BCUT2D eigenvalue weighted by molar-refractivity contribution is -0.117. The lowest BCUT2D eigenvalue weighted by Crippen LogP contribution is -2.44. The number of anilines is 1. The van der Waals surface area contributed by atoms with E-state index in [1.165, 1.54) is 0 Å². The molecule has 0 radical (unpaired) electrons. The Balaban J connectivity index is 1.76. The standard InChI is InChI=1S/C19H31N5O/c1-19(2,3)23-12-11-21-18(20-4)22-14-15-7-9-16(10-8-15)24-13-5-6-17(24)25/h7-10,23H,5-6,11-14H2,1-4H3,(H2,20,21,22). The van der Waals surface area contributed by atoms with Gasteiger partial charge in [-0.1, -0.05) is 12.1 Å². The molecule has 0 spiro atoms. The van der Waals surface area contributed by atoms with Gasteiger partial charge in [-0.25, -0.2) is 0 Å². The van der Waals surface area contributed by atoms with Crippen molar-refractivity contribution in [3.63, 3.8) is 0 Å². The van der Waals surface area contributed by atoms with Gasteiger partial charge in [-0.05, 0) is 44.9 Å². The molecule has 1 fully saturated rings. The Morgan fingerprint density at radius 3 is 2.44 bits per heavy atom. The van der Waals surface area contributed by atoms with Crippen LogP contribution in [0, 0.1) is 0 Å². The molecule has 1 heterocycles. The average Bonchev–Trinajstić information content (AvgIpc) is 3.00. The number of nitrogens with one attached hydrogen (secondary N) is 3. The second-order valence-electron chi connectivity index (χ2n) is 7.34. The van der Waals surface area contributed by atoms with Crippen LogP contribution in [0.1, 0.15) is 39.2 Å². The third-order valence-corrected chi connectivity index (χ3v) is 4.08. The molecule has 1 amide bonds. The Hall–Kier alpha value is -2.08. The fourth-order valence-corrected chi connectivity index (χ4v) is 2.74. The molecule has 25 heavy (non-hydrogen) atoms. The van der Waals surface area contributed by atoms with E-state index in [-0.39, 0.29) is 11.4 Å². The zero-order valence-corrected chi connectivity index (χ0v) is 15.9. The van der Waals surface area contributed by atoms with E-state index in [0.29, 0.717) is 13.0 Å². The number of benzene rings is 1. The maximum Gasteiger partial charge on any atom is 0.227 e. The lowest BCUT2D eigenvalue weighted by atomic mass is 10.1. The molecule has 3 N–H and O–H groups in total. The quantitative estimate of drug-likeness (QED) is 0.418. The summed E-state index contributed by atoms with van der Waals surface area (Å²) >= 11 is 0. The van der Waals surface area contributed by atoms with Gasteiger partial charge >= 0.3 is 0 Å². The summed E-state index contributed by atoms with van der Waals surface area (Å²) in [5, 5.41) is 10.0. The second-order valence-corrected chi connectivity index (χ2v) is 7.34. The Labute approximate surface area is 151 Å². The molecular formula is C19H31N5O. The molecule has 6 heteroatoms. The van der Waals surface area contributed by atoms with Gasteiger partial charge in [-0.2, -0.15) is 0 Å². The van der Waals surface area contributed by atoms with Crippen LogP contribution in [0.2, 0.25) is 0 Å². The lowest BCUT2D eigenvalue weighted by Gasteiger charge is -2.21. The van der Waals surface area contributed by atoms with Crippen LogP contribution in [-0.4, -0.2) is 44.1 Å². The van der Waals surface area contributed by atoms with Gasteiger partial charge in [0, 0.05) is 50.9 Å². The first-order valence-corrected chi connectivity index (χ1v) is 8.98. The Morgan fingerprint density at radius 2 is 1.88 bits per heavy atom. The molecule has 0 unspecified atom stereocenters. The molecule has 1 aromatic carbocycles. The van der Waals surface area contributed by atoms with Gasteiger partial charge in [-0.3, -0.25) is 9.79 Å². The maximum absolute atomic E-state index is 11.8. The number of carbonyl (C=O) groups is 1. The van der Waals surface area contributed by atoms with Crippen LogP contribution in [0.25, 0.3) is 0 Å². The van der Waals surface area contributed by atoms with Crippen molar-refractivity contribution in [2.24, 2.45) is 4.99 Å². The predicted molar refractivity (Wildman–Crippen MR) is 104 cm³/mol. The summed E-state index contributed by atoms with van der Waals surface area (Å²) in [4.78, 5) is 17.9. The number of aliphatic imine (C=N–C) groups is 1. The van der Waals surface area contributed by atoms with Crippen LogP contribution < -0.4 is 20.9 Å². The van der Waals surface area contributed by atoms with Gasteiger partial charge in [0.1, 0.15) is 0 Å². The summed E-state index contributed by atoms with van der Waals surface area (Å²) in [6, 6.07) is 8.15. The highest BCUT2D eigenvalue weighted by Crippen LogP contribution is 2.21. The van der Waals surface area contributed by atoms with E-state index in [4.69, 9.17) is 0 Å². The summed E-state index contributed by atoms with van der Waals surface area (Å²) in [6.07, 6.45) is 1.61. The van der Waals surface area contributed by atoms with Gasteiger partial charge in [0.2, 0.25) is 5.91 Å². The molecule has 1 aromatic rings. The van der Waals surface area contributed by atoms with Gasteiger partial charge in [-0.15, -0.1) is 0 Å². The zero-order valence-electron chi connectivity index (χ0n) is 15.9. The minimum atomic E-state index is 0.122. The molecule has 0 bridgehead atoms. The van der Waals surface area contributed by atoms with Crippen LogP contribution in [0.15, 0.2) is 29.3 Å². The largest absolute Gasteiger partial charge is 0.355 e. The van der Waals surface area contributed by atoms with Gasteiger partial charge < -0.3 is 20.9 Å². The first kappa shape index (κ1) is 19.2. The first-order chi connectivity index (χ1) is 11.9. The van der Waals surface area contributed by atoms with Crippen molar-refractivity contribution in [2.45, 2.75) is 45.7 Å². The van der Waals surface area contributed by atoms with E-state index >= 15 is 0 Å². The van der Waals surface area contributed by atoms with Crippen LogP contribution in [0.5, 0.6) is 0 Å². The van der Waals surface area contributed by atoms with Crippen molar-refractivity contribution in [2.75, 3.05) is 31.6 Å². The van der Waals surface area contributed by atoms with Crippen molar-refractivity contribution in [3.8, 4) is 0 Å². The summed E-state index contributed by atoms with van der Waals surface area (Å²) in [7, 11) is 1.77. The third-order valence-electron chi connectivity index (χ3n) is 4.08. The van der Waals surface area contributed by atoms with Crippen LogP contribution in [0.4, 0.5) is 5.69 Å². The fraction of sp³-hybridized carbons (Fsp3) is 0.579. The Kier molecular flexibility index (Phi) is 6.82. The molecule has 1 aliphatic rings. The van der Waals surface area contributed by atoms with E-state index < -0.39 is 0 Å². The minimum absolute atomic E-state index is 0.122. The number of carbonyl (C=O) groups excluding carboxylic acids is 1.